The molecule has 0 atom stereocenters. The first-order valence-electron chi connectivity index (χ1n) is 11.2. The summed E-state index contributed by atoms with van der Waals surface area (Å²) in [5, 5.41) is 0. The van der Waals surface area contributed by atoms with Gasteiger partial charge < -0.3 is 18.9 Å². The van der Waals surface area contributed by atoms with E-state index in [1.165, 1.54) is 0 Å². The molecule has 0 amide bonds. The van der Waals surface area contributed by atoms with Gasteiger partial charge in [0, 0.05) is 10.5 Å². The summed E-state index contributed by atoms with van der Waals surface area (Å²) in [6.07, 6.45) is -1.51. The Morgan fingerprint density at radius 1 is 0.629 bits per heavy atom. The number of hydrogen-bond acceptors (Lipinski definition) is 7. The number of carbonyl (C=O) groups excluding carboxylic acids is 2. The van der Waals surface area contributed by atoms with Crippen LogP contribution in [0.2, 0.25) is 0 Å². The summed E-state index contributed by atoms with van der Waals surface area (Å²) in [6.45, 7) is 10.7. The van der Waals surface area contributed by atoms with Crippen molar-refractivity contribution < 1.29 is 28.5 Å². The molecule has 7 heteroatoms. The molecule has 0 spiro atoms. The van der Waals surface area contributed by atoms with Gasteiger partial charge in [-0.2, -0.15) is 0 Å². The van der Waals surface area contributed by atoms with Crippen LogP contribution in [-0.2, 0) is 9.47 Å². The lowest BCUT2D eigenvalue weighted by Crippen LogP contribution is -2.25. The average Bonchev–Trinajstić information content (AvgIpc) is 2.72. The lowest BCUT2D eigenvalue weighted by atomic mass is 9.94. The molecule has 0 bridgehead atoms. The fraction of sp³-hybridized carbons (Fsp3) is 0.286. The third kappa shape index (κ3) is 7.79. The zero-order valence-corrected chi connectivity index (χ0v) is 21.6. The third-order valence-corrected chi connectivity index (χ3v) is 4.90. The number of rotatable bonds is 4. The Bertz CT molecular complexity index is 1190. The van der Waals surface area contributed by atoms with E-state index < -0.39 is 23.5 Å². The highest BCUT2D eigenvalue weighted by molar-refractivity contribution is 7.80. The fourth-order valence-corrected chi connectivity index (χ4v) is 3.55. The molecule has 0 unspecified atom stereocenters. The Kier molecular flexibility index (Phi) is 7.80. The van der Waals surface area contributed by atoms with Gasteiger partial charge in [-0.3, -0.25) is 0 Å². The maximum Gasteiger partial charge on any atom is 0.514 e. The molecule has 0 aromatic heterocycles. The Balaban J connectivity index is 1.82. The summed E-state index contributed by atoms with van der Waals surface area (Å²) >= 11 is 4.67. The van der Waals surface area contributed by atoms with Crippen LogP contribution < -0.4 is 9.47 Å². The van der Waals surface area contributed by atoms with Crippen molar-refractivity contribution in [3.8, 4) is 33.8 Å². The first-order valence-corrected chi connectivity index (χ1v) is 11.6. The first kappa shape index (κ1) is 26.2. The Morgan fingerprint density at radius 3 is 1.49 bits per heavy atom. The molecular weight excluding hydrogens is 464 g/mol. The van der Waals surface area contributed by atoms with Crippen molar-refractivity contribution in [2.24, 2.45) is 0 Å². The SMILES string of the molecule is CC(C)(C)OC(=O)Oc1ccc(-c2cccc(S)c2-c2ccc(OC(=O)OC(C)(C)C)cc2)cc1. The summed E-state index contributed by atoms with van der Waals surface area (Å²) in [4.78, 5) is 24.7. The minimum atomic E-state index is -0.755. The first-order chi connectivity index (χ1) is 16.3. The molecule has 3 aromatic carbocycles. The highest BCUT2D eigenvalue weighted by atomic mass is 32.1. The Labute approximate surface area is 211 Å². The van der Waals surface area contributed by atoms with Crippen molar-refractivity contribution in [3.63, 3.8) is 0 Å². The van der Waals surface area contributed by atoms with E-state index >= 15 is 0 Å². The Morgan fingerprint density at radius 2 is 1.06 bits per heavy atom. The van der Waals surface area contributed by atoms with Crippen LogP contribution in [0.3, 0.4) is 0 Å². The third-order valence-electron chi connectivity index (χ3n) is 4.53. The molecule has 35 heavy (non-hydrogen) atoms. The van der Waals surface area contributed by atoms with E-state index in [9.17, 15) is 9.59 Å². The van der Waals surface area contributed by atoms with Gasteiger partial charge in [0.05, 0.1) is 0 Å². The van der Waals surface area contributed by atoms with Gasteiger partial charge in [-0.25, -0.2) is 9.59 Å². The molecule has 0 heterocycles. The fourth-order valence-electron chi connectivity index (χ4n) is 3.21. The van der Waals surface area contributed by atoms with Crippen molar-refractivity contribution in [1.29, 1.82) is 0 Å². The molecule has 0 aliphatic heterocycles. The molecule has 0 aliphatic carbocycles. The number of carbonyl (C=O) groups is 2. The van der Waals surface area contributed by atoms with E-state index in [1.54, 1.807) is 65.8 Å². The molecule has 3 rings (SSSR count). The molecule has 0 fully saturated rings. The number of thiol groups is 1. The summed E-state index contributed by atoms with van der Waals surface area (Å²) < 4.78 is 20.9. The van der Waals surface area contributed by atoms with E-state index in [-0.39, 0.29) is 0 Å². The summed E-state index contributed by atoms with van der Waals surface area (Å²) in [7, 11) is 0. The molecule has 0 saturated heterocycles. The molecule has 6 nitrogen and oxygen atoms in total. The van der Waals surface area contributed by atoms with Crippen LogP contribution in [0.5, 0.6) is 11.5 Å². The van der Waals surface area contributed by atoms with Gasteiger partial charge in [-0.05, 0) is 88.6 Å². The molecule has 0 aliphatic rings. The monoisotopic (exact) mass is 494 g/mol. The second-order valence-electron chi connectivity index (χ2n) is 9.88. The minimum absolute atomic E-state index is 0.379. The van der Waals surface area contributed by atoms with Crippen LogP contribution in [-0.4, -0.2) is 23.5 Å². The van der Waals surface area contributed by atoms with E-state index in [4.69, 9.17) is 18.9 Å². The van der Waals surface area contributed by atoms with Gasteiger partial charge in [0.2, 0.25) is 0 Å². The van der Waals surface area contributed by atoms with Crippen molar-refractivity contribution in [2.75, 3.05) is 0 Å². The predicted molar refractivity (Wildman–Crippen MR) is 138 cm³/mol. The smallest absolute Gasteiger partial charge is 0.428 e. The van der Waals surface area contributed by atoms with E-state index in [2.05, 4.69) is 12.6 Å². The standard InChI is InChI=1S/C28H30O6S/c1-27(2,3)33-25(29)31-20-14-10-18(11-15-20)22-8-7-9-23(35)24(22)19-12-16-21(17-13-19)32-26(30)34-28(4,5)6/h7-17,35H,1-6H3. The second-order valence-corrected chi connectivity index (χ2v) is 10.4. The van der Waals surface area contributed by atoms with Gasteiger partial charge in [0.1, 0.15) is 22.7 Å². The van der Waals surface area contributed by atoms with Gasteiger partial charge in [0.15, 0.2) is 0 Å². The van der Waals surface area contributed by atoms with Crippen LogP contribution in [0.15, 0.2) is 71.6 Å². The van der Waals surface area contributed by atoms with Crippen molar-refractivity contribution in [1.82, 2.24) is 0 Å². The van der Waals surface area contributed by atoms with Crippen LogP contribution in [0.4, 0.5) is 9.59 Å². The maximum absolute atomic E-state index is 11.9. The number of ether oxygens (including phenoxy) is 4. The van der Waals surface area contributed by atoms with Gasteiger partial charge in [-0.15, -0.1) is 12.6 Å². The maximum atomic E-state index is 11.9. The van der Waals surface area contributed by atoms with Crippen LogP contribution in [0.1, 0.15) is 41.5 Å². The highest BCUT2D eigenvalue weighted by Crippen LogP contribution is 2.38. The number of hydrogen-bond donors (Lipinski definition) is 1. The average molecular weight is 495 g/mol. The van der Waals surface area contributed by atoms with Gasteiger partial charge >= 0.3 is 12.3 Å². The van der Waals surface area contributed by atoms with Crippen molar-refractivity contribution in [2.45, 2.75) is 57.6 Å². The van der Waals surface area contributed by atoms with Crippen LogP contribution in [0, 0.1) is 0 Å². The molecule has 3 aromatic rings. The Hall–Kier alpha value is -3.45. The second kappa shape index (κ2) is 10.4. The summed E-state index contributed by atoms with van der Waals surface area (Å²) in [6, 6.07) is 20.1. The zero-order chi connectivity index (χ0) is 25.8. The molecule has 0 radical (unpaired) electrons. The van der Waals surface area contributed by atoms with Crippen LogP contribution in [0.25, 0.3) is 22.3 Å². The summed E-state index contributed by atoms with van der Waals surface area (Å²) in [5.41, 5.74) is 2.41. The molecule has 0 saturated carbocycles. The topological polar surface area (TPSA) is 71.1 Å². The summed E-state index contributed by atoms with van der Waals surface area (Å²) in [5.74, 6) is 0.764. The van der Waals surface area contributed by atoms with Crippen molar-refractivity contribution >= 4 is 24.9 Å². The van der Waals surface area contributed by atoms with Gasteiger partial charge in [-0.1, -0.05) is 36.4 Å². The van der Waals surface area contributed by atoms with Gasteiger partial charge in [0.25, 0.3) is 0 Å². The minimum Gasteiger partial charge on any atom is -0.428 e. The van der Waals surface area contributed by atoms with E-state index in [1.807, 2.05) is 42.5 Å². The molecular formula is C28H30O6S. The molecule has 184 valence electrons. The van der Waals surface area contributed by atoms with E-state index in [0.717, 1.165) is 27.1 Å². The lowest BCUT2D eigenvalue weighted by Gasteiger charge is -2.19. The van der Waals surface area contributed by atoms with E-state index in [0.29, 0.717) is 11.5 Å². The zero-order valence-electron chi connectivity index (χ0n) is 20.7. The molecule has 0 N–H and O–H groups in total. The quantitative estimate of drug-likeness (QED) is 0.225. The highest BCUT2D eigenvalue weighted by Gasteiger charge is 2.19. The largest absolute Gasteiger partial charge is 0.514 e. The normalized spacial score (nSPS) is 11.5. The van der Waals surface area contributed by atoms with Crippen molar-refractivity contribution in [3.05, 3.63) is 66.7 Å². The number of benzene rings is 3. The predicted octanol–water partition coefficient (Wildman–Crippen LogP) is 7.94. The van der Waals surface area contributed by atoms with Crippen LogP contribution >= 0.6 is 12.6 Å². The lowest BCUT2D eigenvalue weighted by molar-refractivity contribution is 0.0193.